The Hall–Kier alpha value is -1.88. The fraction of sp³-hybridized carbons (Fsp3) is 0.579. The minimum atomic E-state index is -0.772. The number of carbonyl (C=O) groups is 2. The highest BCUT2D eigenvalue weighted by atomic mass is 16.2. The second-order valence-corrected chi connectivity index (χ2v) is 7.14. The lowest BCUT2D eigenvalue weighted by Crippen LogP contribution is -2.53. The van der Waals surface area contributed by atoms with E-state index in [1.807, 2.05) is 28.0 Å². The van der Waals surface area contributed by atoms with E-state index in [-0.39, 0.29) is 11.8 Å². The van der Waals surface area contributed by atoms with Crippen molar-refractivity contribution < 1.29 is 9.59 Å². The molecule has 0 bridgehead atoms. The monoisotopic (exact) mass is 327 g/mol. The molecule has 0 spiro atoms. The third kappa shape index (κ3) is 2.42. The first-order valence-electron chi connectivity index (χ1n) is 9.07. The van der Waals surface area contributed by atoms with Gasteiger partial charge in [0.1, 0.15) is 5.41 Å². The number of likely N-dealkylation sites (N-methyl/N-ethyl adjacent to an activating group) is 1. The molecule has 0 atom stereocenters. The number of carbonyl (C=O) groups excluding carboxylic acids is 2. The molecule has 1 aromatic carbocycles. The first-order chi connectivity index (χ1) is 11.7. The molecule has 4 rings (SSSR count). The summed E-state index contributed by atoms with van der Waals surface area (Å²) in [6.45, 7) is 7.20. The van der Waals surface area contributed by atoms with Crippen LogP contribution in [0.2, 0.25) is 0 Å². The van der Waals surface area contributed by atoms with Gasteiger partial charge >= 0.3 is 0 Å². The third-order valence-electron chi connectivity index (χ3n) is 5.81. The molecule has 5 nitrogen and oxygen atoms in total. The summed E-state index contributed by atoms with van der Waals surface area (Å²) in [5.41, 5.74) is 1.44. The second-order valence-electron chi connectivity index (χ2n) is 7.14. The Kier molecular flexibility index (Phi) is 3.83. The van der Waals surface area contributed by atoms with Crippen LogP contribution in [0.25, 0.3) is 0 Å². The quantitative estimate of drug-likeness (QED) is 0.791. The summed E-state index contributed by atoms with van der Waals surface area (Å²) < 4.78 is 0. The van der Waals surface area contributed by atoms with Crippen LogP contribution in [-0.2, 0) is 16.0 Å². The first-order valence-corrected chi connectivity index (χ1v) is 9.07. The number of fused-ring (bicyclic) bond motifs is 1. The maximum Gasteiger partial charge on any atom is 0.242 e. The van der Waals surface area contributed by atoms with Gasteiger partial charge in [0.05, 0.1) is 0 Å². The molecule has 2 fully saturated rings. The van der Waals surface area contributed by atoms with Crippen molar-refractivity contribution in [1.82, 2.24) is 9.80 Å². The molecule has 0 unspecified atom stereocenters. The van der Waals surface area contributed by atoms with Gasteiger partial charge in [0.25, 0.3) is 0 Å². The van der Waals surface area contributed by atoms with Crippen molar-refractivity contribution in [2.75, 3.05) is 44.2 Å². The van der Waals surface area contributed by atoms with Crippen LogP contribution in [0.3, 0.4) is 0 Å². The van der Waals surface area contributed by atoms with Crippen molar-refractivity contribution in [2.24, 2.45) is 5.41 Å². The Morgan fingerprint density at radius 3 is 2.38 bits per heavy atom. The zero-order valence-electron chi connectivity index (χ0n) is 14.3. The van der Waals surface area contributed by atoms with E-state index in [1.54, 1.807) is 0 Å². The normalized spacial score (nSPS) is 22.4. The van der Waals surface area contributed by atoms with Gasteiger partial charge < -0.3 is 14.7 Å². The van der Waals surface area contributed by atoms with Gasteiger partial charge in [-0.15, -0.1) is 0 Å². The molecule has 1 aliphatic carbocycles. The van der Waals surface area contributed by atoms with E-state index in [9.17, 15) is 9.59 Å². The maximum absolute atomic E-state index is 13.2. The lowest BCUT2D eigenvalue weighted by Gasteiger charge is -2.36. The molecule has 2 aliphatic heterocycles. The molecular weight excluding hydrogens is 302 g/mol. The number of benzene rings is 1. The van der Waals surface area contributed by atoms with Gasteiger partial charge in [0.2, 0.25) is 11.8 Å². The largest absolute Gasteiger partial charge is 0.339 e. The molecule has 1 saturated carbocycles. The fourth-order valence-electron chi connectivity index (χ4n) is 4.02. The van der Waals surface area contributed by atoms with Gasteiger partial charge in [0, 0.05) is 38.4 Å². The maximum atomic E-state index is 13.2. The molecular formula is C19H25N3O2. The van der Waals surface area contributed by atoms with Crippen LogP contribution in [0.1, 0.15) is 25.3 Å². The van der Waals surface area contributed by atoms with Crippen molar-refractivity contribution in [3.8, 4) is 0 Å². The summed E-state index contributed by atoms with van der Waals surface area (Å²) in [7, 11) is 0. The highest BCUT2D eigenvalue weighted by Crippen LogP contribution is 2.50. The molecule has 2 heterocycles. The average Bonchev–Trinajstić information content (AvgIpc) is 3.34. The molecule has 128 valence electrons. The van der Waals surface area contributed by atoms with E-state index in [4.69, 9.17) is 0 Å². The molecule has 24 heavy (non-hydrogen) atoms. The number of anilines is 1. The van der Waals surface area contributed by atoms with Crippen molar-refractivity contribution in [2.45, 2.75) is 26.2 Å². The van der Waals surface area contributed by atoms with Crippen LogP contribution < -0.4 is 4.90 Å². The summed E-state index contributed by atoms with van der Waals surface area (Å²) in [4.78, 5) is 32.3. The molecule has 1 aromatic rings. The number of amides is 2. The van der Waals surface area contributed by atoms with E-state index >= 15 is 0 Å². The summed E-state index contributed by atoms with van der Waals surface area (Å²) in [6.07, 6.45) is 2.30. The molecule has 1 saturated heterocycles. The SMILES string of the molecule is CCN1CCN(C(=O)C2(C(=O)N3CCc4ccccc43)CC2)CC1. The third-order valence-corrected chi connectivity index (χ3v) is 5.81. The molecule has 0 N–H and O–H groups in total. The van der Waals surface area contributed by atoms with Gasteiger partial charge in [-0.1, -0.05) is 25.1 Å². The van der Waals surface area contributed by atoms with Crippen LogP contribution in [0, 0.1) is 5.41 Å². The Labute approximate surface area is 143 Å². The lowest BCUT2D eigenvalue weighted by molar-refractivity contribution is -0.144. The van der Waals surface area contributed by atoms with E-state index < -0.39 is 5.41 Å². The van der Waals surface area contributed by atoms with E-state index in [2.05, 4.69) is 17.9 Å². The zero-order chi connectivity index (χ0) is 16.7. The molecule has 0 radical (unpaired) electrons. The van der Waals surface area contributed by atoms with Crippen LogP contribution >= 0.6 is 0 Å². The Balaban J connectivity index is 1.50. The number of para-hydroxylation sites is 1. The van der Waals surface area contributed by atoms with E-state index in [0.717, 1.165) is 44.8 Å². The van der Waals surface area contributed by atoms with Gasteiger partial charge in [-0.2, -0.15) is 0 Å². The Morgan fingerprint density at radius 2 is 1.71 bits per heavy atom. The summed E-state index contributed by atoms with van der Waals surface area (Å²) in [6, 6.07) is 8.06. The molecule has 2 amide bonds. The topological polar surface area (TPSA) is 43.9 Å². The molecule has 3 aliphatic rings. The van der Waals surface area contributed by atoms with Crippen molar-refractivity contribution in [3.63, 3.8) is 0 Å². The summed E-state index contributed by atoms with van der Waals surface area (Å²) in [5, 5.41) is 0. The van der Waals surface area contributed by atoms with E-state index in [0.29, 0.717) is 19.4 Å². The van der Waals surface area contributed by atoms with Gasteiger partial charge in [-0.3, -0.25) is 9.59 Å². The lowest BCUT2D eigenvalue weighted by atomic mass is 10.0. The van der Waals surface area contributed by atoms with Gasteiger partial charge in [-0.25, -0.2) is 0 Å². The second kappa shape index (κ2) is 5.88. The predicted molar refractivity (Wildman–Crippen MR) is 92.9 cm³/mol. The highest BCUT2D eigenvalue weighted by Gasteiger charge is 2.60. The van der Waals surface area contributed by atoms with Crippen LogP contribution in [0.15, 0.2) is 24.3 Å². The number of nitrogens with zero attached hydrogens (tertiary/aromatic N) is 3. The smallest absolute Gasteiger partial charge is 0.242 e. The predicted octanol–water partition coefficient (Wildman–Crippen LogP) is 1.52. The Morgan fingerprint density at radius 1 is 1.00 bits per heavy atom. The standard InChI is InChI=1S/C19H25N3O2/c1-2-20-11-13-21(14-12-20)17(23)19(8-9-19)18(24)22-10-7-15-5-3-4-6-16(15)22/h3-6H,2,7-14H2,1H3. The minimum absolute atomic E-state index is 0.0235. The summed E-state index contributed by atoms with van der Waals surface area (Å²) >= 11 is 0. The molecule has 5 heteroatoms. The highest BCUT2D eigenvalue weighted by molar-refractivity contribution is 6.14. The van der Waals surface area contributed by atoms with Crippen molar-refractivity contribution in [3.05, 3.63) is 29.8 Å². The first kappa shape index (κ1) is 15.6. The number of hydrogen-bond acceptors (Lipinski definition) is 3. The van der Waals surface area contributed by atoms with Gasteiger partial charge in [0.15, 0.2) is 0 Å². The average molecular weight is 327 g/mol. The van der Waals surface area contributed by atoms with E-state index in [1.165, 1.54) is 5.56 Å². The van der Waals surface area contributed by atoms with Crippen LogP contribution in [0.5, 0.6) is 0 Å². The van der Waals surface area contributed by atoms with Crippen LogP contribution in [-0.4, -0.2) is 60.9 Å². The Bertz CT molecular complexity index is 660. The molecule has 0 aromatic heterocycles. The number of hydrogen-bond donors (Lipinski definition) is 0. The van der Waals surface area contributed by atoms with Crippen LogP contribution in [0.4, 0.5) is 5.69 Å². The van der Waals surface area contributed by atoms with Gasteiger partial charge in [-0.05, 0) is 37.4 Å². The zero-order valence-corrected chi connectivity index (χ0v) is 14.3. The number of piperazine rings is 1. The summed E-state index contributed by atoms with van der Waals surface area (Å²) in [5.74, 6) is 0.0861. The van der Waals surface area contributed by atoms with Crippen molar-refractivity contribution in [1.29, 1.82) is 0 Å². The number of rotatable bonds is 3. The fourth-order valence-corrected chi connectivity index (χ4v) is 4.02. The van der Waals surface area contributed by atoms with Crippen molar-refractivity contribution >= 4 is 17.5 Å². The minimum Gasteiger partial charge on any atom is -0.339 e.